The topological polar surface area (TPSA) is 66.4 Å². The Bertz CT molecular complexity index is 572. The lowest BCUT2D eigenvalue weighted by molar-refractivity contribution is -0.137. The van der Waals surface area contributed by atoms with Crippen molar-refractivity contribution >= 4 is 10.0 Å². The van der Waals surface area contributed by atoms with Gasteiger partial charge in [-0.05, 0) is 24.6 Å². The first-order valence-electron chi connectivity index (χ1n) is 5.53. The number of alkyl halides is 3. The maximum atomic E-state index is 13.6. The van der Waals surface area contributed by atoms with Crippen molar-refractivity contribution in [1.29, 1.82) is 0 Å². The van der Waals surface area contributed by atoms with Crippen molar-refractivity contribution in [3.05, 3.63) is 29.6 Å². The fourth-order valence-corrected chi connectivity index (χ4v) is 2.88. The quantitative estimate of drug-likeness (QED) is 0.816. The third-order valence-corrected chi connectivity index (χ3v) is 3.99. The summed E-state index contributed by atoms with van der Waals surface area (Å²) in [5, 5.41) is 8.77. The fraction of sp³-hybridized carbons (Fsp3) is 0.455. The largest absolute Gasteiger partial charge is 0.392 e. The first-order chi connectivity index (χ1) is 9.05. The third kappa shape index (κ3) is 4.73. The average molecular weight is 315 g/mol. The van der Waals surface area contributed by atoms with Crippen LogP contribution in [0.15, 0.2) is 23.1 Å². The molecule has 1 unspecified atom stereocenters. The Hall–Kier alpha value is -1.19. The number of hydrogen-bond acceptors (Lipinski definition) is 3. The van der Waals surface area contributed by atoms with E-state index in [9.17, 15) is 26.0 Å². The van der Waals surface area contributed by atoms with E-state index in [2.05, 4.69) is 0 Å². The molecule has 0 spiro atoms. The van der Waals surface area contributed by atoms with Crippen molar-refractivity contribution in [3.63, 3.8) is 0 Å². The van der Waals surface area contributed by atoms with E-state index in [1.54, 1.807) is 4.72 Å². The predicted molar refractivity (Wildman–Crippen MR) is 62.8 cm³/mol. The van der Waals surface area contributed by atoms with Gasteiger partial charge in [-0.1, -0.05) is 6.07 Å². The van der Waals surface area contributed by atoms with E-state index in [1.165, 1.54) is 6.07 Å². The average Bonchev–Trinajstić information content (AvgIpc) is 2.24. The molecular formula is C11H13F4NO3S. The van der Waals surface area contributed by atoms with E-state index in [-0.39, 0.29) is 5.56 Å². The van der Waals surface area contributed by atoms with Crippen LogP contribution in [-0.4, -0.2) is 25.7 Å². The molecule has 20 heavy (non-hydrogen) atoms. The number of hydrogen-bond donors (Lipinski definition) is 2. The molecule has 9 heteroatoms. The number of aliphatic hydroxyl groups is 1. The molecule has 2 N–H and O–H groups in total. The summed E-state index contributed by atoms with van der Waals surface area (Å²) >= 11 is 0. The molecule has 0 heterocycles. The molecule has 0 radical (unpaired) electrons. The van der Waals surface area contributed by atoms with Crippen LogP contribution in [0, 0.1) is 5.82 Å². The van der Waals surface area contributed by atoms with Crippen LogP contribution in [0.5, 0.6) is 0 Å². The summed E-state index contributed by atoms with van der Waals surface area (Å²) < 4.78 is 75.2. The van der Waals surface area contributed by atoms with Crippen LogP contribution in [0.3, 0.4) is 0 Å². The van der Waals surface area contributed by atoms with Crippen molar-refractivity contribution in [2.45, 2.75) is 37.1 Å². The molecule has 0 bridgehead atoms. The summed E-state index contributed by atoms with van der Waals surface area (Å²) in [7, 11) is -4.39. The van der Waals surface area contributed by atoms with E-state index >= 15 is 0 Å². The minimum atomic E-state index is -4.53. The second kappa shape index (κ2) is 6.06. The molecule has 0 amide bonds. The second-order valence-corrected chi connectivity index (χ2v) is 5.95. The van der Waals surface area contributed by atoms with Crippen LogP contribution >= 0.6 is 0 Å². The third-order valence-electron chi connectivity index (χ3n) is 2.36. The van der Waals surface area contributed by atoms with E-state index < -0.39 is 46.0 Å². The Labute approximate surface area is 113 Å². The van der Waals surface area contributed by atoms with Crippen molar-refractivity contribution in [2.75, 3.05) is 0 Å². The highest BCUT2D eigenvalue weighted by atomic mass is 32.2. The Balaban J connectivity index is 2.94. The first-order valence-corrected chi connectivity index (χ1v) is 7.02. The summed E-state index contributed by atoms with van der Waals surface area (Å²) in [4.78, 5) is -0.760. The van der Waals surface area contributed by atoms with Gasteiger partial charge in [0.2, 0.25) is 10.0 Å². The number of nitrogens with one attached hydrogen (secondary N) is 1. The summed E-state index contributed by atoms with van der Waals surface area (Å²) in [5.41, 5.74) is 0.157. The number of sulfonamides is 1. The van der Waals surface area contributed by atoms with Gasteiger partial charge in [0.15, 0.2) is 0 Å². The highest BCUT2D eigenvalue weighted by molar-refractivity contribution is 7.89. The standard InChI is InChI=1S/C11H13F4NO3S/c1-7(5-11(13,14)15)16-20(18,19)10-3-2-8(6-17)4-9(10)12/h2-4,7,16-17H,5-6H2,1H3. The highest BCUT2D eigenvalue weighted by Gasteiger charge is 2.32. The molecule has 0 saturated heterocycles. The molecule has 0 aliphatic carbocycles. The maximum Gasteiger partial charge on any atom is 0.390 e. The van der Waals surface area contributed by atoms with Gasteiger partial charge in [0.25, 0.3) is 0 Å². The molecule has 0 aliphatic rings. The van der Waals surface area contributed by atoms with Crippen molar-refractivity contribution in [3.8, 4) is 0 Å². The van der Waals surface area contributed by atoms with Gasteiger partial charge in [0, 0.05) is 6.04 Å². The second-order valence-electron chi connectivity index (χ2n) is 4.26. The SMILES string of the molecule is CC(CC(F)(F)F)NS(=O)(=O)c1ccc(CO)cc1F. The normalized spacial score (nSPS) is 14.3. The molecule has 0 saturated carbocycles. The van der Waals surface area contributed by atoms with Gasteiger partial charge in [0.05, 0.1) is 13.0 Å². The molecular weight excluding hydrogens is 302 g/mol. The van der Waals surface area contributed by atoms with Gasteiger partial charge in [-0.25, -0.2) is 17.5 Å². The molecule has 1 aromatic carbocycles. The Kier molecular flexibility index (Phi) is 5.11. The molecule has 1 rings (SSSR count). The van der Waals surface area contributed by atoms with Gasteiger partial charge < -0.3 is 5.11 Å². The molecule has 1 atom stereocenters. The van der Waals surface area contributed by atoms with E-state index in [4.69, 9.17) is 5.11 Å². The molecule has 4 nitrogen and oxygen atoms in total. The van der Waals surface area contributed by atoms with Gasteiger partial charge in [-0.3, -0.25) is 0 Å². The fourth-order valence-electron chi connectivity index (χ4n) is 1.58. The van der Waals surface area contributed by atoms with E-state index in [0.717, 1.165) is 19.1 Å². The zero-order chi connectivity index (χ0) is 15.6. The monoisotopic (exact) mass is 315 g/mol. The maximum absolute atomic E-state index is 13.6. The number of rotatable bonds is 5. The Morgan fingerprint density at radius 1 is 1.35 bits per heavy atom. The number of aliphatic hydroxyl groups excluding tert-OH is 1. The van der Waals surface area contributed by atoms with Crippen LogP contribution in [0.1, 0.15) is 18.9 Å². The first kappa shape index (κ1) is 16.9. The minimum Gasteiger partial charge on any atom is -0.392 e. The zero-order valence-electron chi connectivity index (χ0n) is 10.4. The van der Waals surface area contributed by atoms with Crippen molar-refractivity contribution in [2.24, 2.45) is 0 Å². The highest BCUT2D eigenvalue weighted by Crippen LogP contribution is 2.23. The Morgan fingerprint density at radius 2 is 1.95 bits per heavy atom. The summed E-state index contributed by atoms with van der Waals surface area (Å²) in [5.74, 6) is -1.14. The van der Waals surface area contributed by atoms with Crippen LogP contribution in [0.4, 0.5) is 17.6 Å². The Morgan fingerprint density at radius 3 is 2.40 bits per heavy atom. The summed E-state index contributed by atoms with van der Waals surface area (Å²) in [6.45, 7) is 0.556. The van der Waals surface area contributed by atoms with Gasteiger partial charge in [0.1, 0.15) is 10.7 Å². The molecule has 1 aromatic rings. The molecule has 114 valence electrons. The van der Waals surface area contributed by atoms with Crippen LogP contribution < -0.4 is 4.72 Å². The van der Waals surface area contributed by atoms with Crippen molar-refractivity contribution in [1.82, 2.24) is 4.72 Å². The predicted octanol–water partition coefficient (Wildman–Crippen LogP) is 1.94. The lowest BCUT2D eigenvalue weighted by atomic mass is 10.2. The molecule has 0 aromatic heterocycles. The lowest BCUT2D eigenvalue weighted by Crippen LogP contribution is -2.36. The van der Waals surface area contributed by atoms with E-state index in [1.807, 2.05) is 0 Å². The van der Waals surface area contributed by atoms with Gasteiger partial charge in [-0.2, -0.15) is 13.2 Å². The summed E-state index contributed by atoms with van der Waals surface area (Å²) in [6, 6.07) is 1.45. The van der Waals surface area contributed by atoms with E-state index in [0.29, 0.717) is 0 Å². The minimum absolute atomic E-state index is 0.157. The van der Waals surface area contributed by atoms with Crippen molar-refractivity contribution < 1.29 is 31.1 Å². The van der Waals surface area contributed by atoms with Gasteiger partial charge in [-0.15, -0.1) is 0 Å². The molecule has 0 fully saturated rings. The smallest absolute Gasteiger partial charge is 0.390 e. The number of halogens is 4. The van der Waals surface area contributed by atoms with Crippen LogP contribution in [0.2, 0.25) is 0 Å². The van der Waals surface area contributed by atoms with Crippen LogP contribution in [-0.2, 0) is 16.6 Å². The van der Waals surface area contributed by atoms with Crippen LogP contribution in [0.25, 0.3) is 0 Å². The van der Waals surface area contributed by atoms with Gasteiger partial charge >= 0.3 is 6.18 Å². The zero-order valence-corrected chi connectivity index (χ0v) is 11.2. The lowest BCUT2D eigenvalue weighted by Gasteiger charge is -2.16. The molecule has 0 aliphatic heterocycles. The summed E-state index contributed by atoms with van der Waals surface area (Å²) in [6.07, 6.45) is -5.89. The number of benzene rings is 1.